The number of hydrogen-bond acceptors (Lipinski definition) is 2. The number of rotatable bonds is 3. The first-order valence-corrected chi connectivity index (χ1v) is 7.70. The van der Waals surface area contributed by atoms with Crippen LogP contribution < -0.4 is 0 Å². The van der Waals surface area contributed by atoms with E-state index in [0.717, 1.165) is 49.7 Å². The zero-order valence-corrected chi connectivity index (χ0v) is 13.1. The monoisotopic (exact) mass is 294 g/mol. The fourth-order valence-corrected chi connectivity index (χ4v) is 2.78. The van der Waals surface area contributed by atoms with E-state index in [-0.39, 0.29) is 11.8 Å². The van der Waals surface area contributed by atoms with Gasteiger partial charge in [-0.25, -0.2) is 0 Å². The number of benzene rings is 1. The summed E-state index contributed by atoms with van der Waals surface area (Å²) in [6.07, 6.45) is 1.03. The van der Waals surface area contributed by atoms with Gasteiger partial charge in [0.1, 0.15) is 0 Å². The van der Waals surface area contributed by atoms with Gasteiger partial charge in [-0.05, 0) is 18.1 Å². The highest BCUT2D eigenvalue weighted by Crippen LogP contribution is 2.18. The second kappa shape index (κ2) is 7.09. The number of amides is 1. The van der Waals surface area contributed by atoms with Crippen molar-refractivity contribution in [3.8, 4) is 0 Å². The first-order chi connectivity index (χ1) is 9.58. The highest BCUT2D eigenvalue weighted by molar-refractivity contribution is 6.31. The molecule has 20 heavy (non-hydrogen) atoms. The summed E-state index contributed by atoms with van der Waals surface area (Å²) < 4.78 is 0. The van der Waals surface area contributed by atoms with Crippen LogP contribution >= 0.6 is 11.6 Å². The molecule has 1 fully saturated rings. The minimum atomic E-state index is 0.0881. The summed E-state index contributed by atoms with van der Waals surface area (Å²) >= 11 is 6.21. The summed E-state index contributed by atoms with van der Waals surface area (Å²) in [6.45, 7) is 8.43. The van der Waals surface area contributed by atoms with Crippen molar-refractivity contribution < 1.29 is 4.79 Å². The molecule has 1 saturated heterocycles. The van der Waals surface area contributed by atoms with Crippen LogP contribution in [0, 0.1) is 5.92 Å². The van der Waals surface area contributed by atoms with E-state index >= 15 is 0 Å². The molecular formula is C16H23ClN2O. The minimum absolute atomic E-state index is 0.0881. The zero-order chi connectivity index (χ0) is 14.5. The van der Waals surface area contributed by atoms with Crippen molar-refractivity contribution >= 4 is 17.5 Å². The van der Waals surface area contributed by atoms with Crippen LogP contribution in [0.4, 0.5) is 0 Å². The Hall–Kier alpha value is -1.06. The quantitative estimate of drug-likeness (QED) is 0.855. The lowest BCUT2D eigenvalue weighted by Gasteiger charge is -2.23. The third-order valence-corrected chi connectivity index (χ3v) is 4.11. The topological polar surface area (TPSA) is 23.6 Å². The van der Waals surface area contributed by atoms with Crippen LogP contribution in [0.2, 0.25) is 5.02 Å². The number of hydrogen-bond donors (Lipinski definition) is 0. The maximum absolute atomic E-state index is 12.1. The van der Waals surface area contributed by atoms with Gasteiger partial charge in [-0.1, -0.05) is 43.6 Å². The lowest BCUT2D eigenvalue weighted by atomic mass is 10.2. The highest BCUT2D eigenvalue weighted by Gasteiger charge is 2.21. The standard InChI is InChI=1S/C16H23ClN2O/c1-13(2)16(20)19-9-5-8-18(10-11-19)12-14-6-3-4-7-15(14)17/h3-4,6-7,13H,5,8-12H2,1-2H3. The Morgan fingerprint density at radius 2 is 1.95 bits per heavy atom. The first-order valence-electron chi connectivity index (χ1n) is 7.32. The van der Waals surface area contributed by atoms with Gasteiger partial charge < -0.3 is 4.90 Å². The maximum atomic E-state index is 12.1. The Labute approximate surface area is 126 Å². The van der Waals surface area contributed by atoms with Crippen LogP contribution in [0.3, 0.4) is 0 Å². The lowest BCUT2D eigenvalue weighted by molar-refractivity contribution is -0.134. The molecule has 1 aromatic carbocycles. The van der Waals surface area contributed by atoms with Gasteiger partial charge in [-0.2, -0.15) is 0 Å². The molecule has 1 aliphatic heterocycles. The van der Waals surface area contributed by atoms with E-state index in [9.17, 15) is 4.79 Å². The second-order valence-electron chi connectivity index (χ2n) is 5.70. The molecule has 4 heteroatoms. The summed E-state index contributed by atoms with van der Waals surface area (Å²) in [6, 6.07) is 7.98. The molecule has 0 bridgehead atoms. The predicted octanol–water partition coefficient (Wildman–Crippen LogP) is 3.03. The normalized spacial score (nSPS) is 17.3. The number of carbonyl (C=O) groups is 1. The minimum Gasteiger partial charge on any atom is -0.341 e. The lowest BCUT2D eigenvalue weighted by Crippen LogP contribution is -2.37. The third-order valence-electron chi connectivity index (χ3n) is 3.75. The van der Waals surface area contributed by atoms with Gasteiger partial charge in [0.25, 0.3) is 0 Å². The van der Waals surface area contributed by atoms with E-state index in [4.69, 9.17) is 11.6 Å². The average Bonchev–Trinajstić information content (AvgIpc) is 2.66. The van der Waals surface area contributed by atoms with Crippen LogP contribution in [-0.4, -0.2) is 41.9 Å². The number of carbonyl (C=O) groups excluding carboxylic acids is 1. The fraction of sp³-hybridized carbons (Fsp3) is 0.562. The molecule has 0 radical (unpaired) electrons. The summed E-state index contributed by atoms with van der Waals surface area (Å²) in [4.78, 5) is 16.4. The SMILES string of the molecule is CC(C)C(=O)N1CCCN(Cc2ccccc2Cl)CC1. The van der Waals surface area contributed by atoms with E-state index < -0.39 is 0 Å². The summed E-state index contributed by atoms with van der Waals surface area (Å²) in [5, 5.41) is 0.826. The van der Waals surface area contributed by atoms with E-state index in [1.54, 1.807) is 0 Å². The van der Waals surface area contributed by atoms with E-state index in [1.165, 1.54) is 0 Å². The molecule has 0 N–H and O–H groups in total. The molecule has 1 aliphatic rings. The maximum Gasteiger partial charge on any atom is 0.225 e. The molecular weight excluding hydrogens is 272 g/mol. The second-order valence-corrected chi connectivity index (χ2v) is 6.11. The van der Waals surface area contributed by atoms with Crippen LogP contribution in [0.1, 0.15) is 25.8 Å². The van der Waals surface area contributed by atoms with Gasteiger partial charge in [0.2, 0.25) is 5.91 Å². The Kier molecular flexibility index (Phi) is 5.44. The Balaban J connectivity index is 1.93. The van der Waals surface area contributed by atoms with Gasteiger partial charge in [0, 0.05) is 43.7 Å². The Morgan fingerprint density at radius 3 is 2.65 bits per heavy atom. The Morgan fingerprint density at radius 1 is 1.20 bits per heavy atom. The first kappa shape index (κ1) is 15.3. The average molecular weight is 295 g/mol. The molecule has 0 aromatic heterocycles. The number of nitrogens with zero attached hydrogens (tertiary/aromatic N) is 2. The molecule has 0 spiro atoms. The largest absolute Gasteiger partial charge is 0.341 e. The molecule has 1 aromatic rings. The van der Waals surface area contributed by atoms with Crippen LogP contribution in [0.25, 0.3) is 0 Å². The van der Waals surface area contributed by atoms with Gasteiger partial charge in [0.15, 0.2) is 0 Å². The van der Waals surface area contributed by atoms with Gasteiger partial charge in [0.05, 0.1) is 0 Å². The molecule has 0 unspecified atom stereocenters. The van der Waals surface area contributed by atoms with E-state index in [2.05, 4.69) is 11.0 Å². The highest BCUT2D eigenvalue weighted by atomic mass is 35.5. The molecule has 1 amide bonds. The van der Waals surface area contributed by atoms with Gasteiger partial charge in [-0.3, -0.25) is 9.69 Å². The van der Waals surface area contributed by atoms with Crippen molar-refractivity contribution in [2.75, 3.05) is 26.2 Å². The van der Waals surface area contributed by atoms with Crippen LogP contribution in [-0.2, 0) is 11.3 Å². The summed E-state index contributed by atoms with van der Waals surface area (Å²) in [5.41, 5.74) is 1.16. The van der Waals surface area contributed by atoms with Crippen LogP contribution in [0.5, 0.6) is 0 Å². The molecule has 110 valence electrons. The molecule has 0 aliphatic carbocycles. The van der Waals surface area contributed by atoms with E-state index in [1.807, 2.05) is 36.9 Å². The molecule has 3 nitrogen and oxygen atoms in total. The molecule has 1 heterocycles. The van der Waals surface area contributed by atoms with Crippen molar-refractivity contribution in [2.45, 2.75) is 26.8 Å². The summed E-state index contributed by atoms with van der Waals surface area (Å²) in [5.74, 6) is 0.356. The van der Waals surface area contributed by atoms with Gasteiger partial charge >= 0.3 is 0 Å². The summed E-state index contributed by atoms with van der Waals surface area (Å²) in [7, 11) is 0. The van der Waals surface area contributed by atoms with Crippen molar-refractivity contribution in [3.63, 3.8) is 0 Å². The Bertz CT molecular complexity index is 462. The fourth-order valence-electron chi connectivity index (χ4n) is 2.58. The van der Waals surface area contributed by atoms with Crippen molar-refractivity contribution in [1.82, 2.24) is 9.80 Å². The van der Waals surface area contributed by atoms with E-state index in [0.29, 0.717) is 0 Å². The van der Waals surface area contributed by atoms with Crippen LogP contribution in [0.15, 0.2) is 24.3 Å². The van der Waals surface area contributed by atoms with Gasteiger partial charge in [-0.15, -0.1) is 0 Å². The molecule has 2 rings (SSSR count). The zero-order valence-electron chi connectivity index (χ0n) is 12.3. The molecule has 0 atom stereocenters. The smallest absolute Gasteiger partial charge is 0.225 e. The van der Waals surface area contributed by atoms with Crippen molar-refractivity contribution in [1.29, 1.82) is 0 Å². The van der Waals surface area contributed by atoms with Crippen molar-refractivity contribution in [3.05, 3.63) is 34.9 Å². The predicted molar refractivity (Wildman–Crippen MR) is 82.8 cm³/mol. The number of halogens is 1. The van der Waals surface area contributed by atoms with Crippen molar-refractivity contribution in [2.24, 2.45) is 5.92 Å². The molecule has 0 saturated carbocycles. The third kappa shape index (κ3) is 3.97.